The number of hydrogen-bond acceptors (Lipinski definition) is 3. The van der Waals surface area contributed by atoms with Crippen molar-refractivity contribution in [1.82, 2.24) is 15.2 Å². The highest BCUT2D eigenvalue weighted by atomic mass is 16.2. The van der Waals surface area contributed by atoms with E-state index in [0.29, 0.717) is 6.54 Å². The largest absolute Gasteiger partial charge is 0.347 e. The van der Waals surface area contributed by atoms with Gasteiger partial charge in [-0.3, -0.25) is 9.78 Å². The van der Waals surface area contributed by atoms with Crippen molar-refractivity contribution in [1.29, 1.82) is 0 Å². The molecule has 0 saturated heterocycles. The topological polar surface area (TPSA) is 45.2 Å². The molecule has 1 N–H and O–H groups in total. The molecule has 1 unspecified atom stereocenters. The Hall–Kier alpha value is -1.94. The van der Waals surface area contributed by atoms with Crippen LogP contribution >= 0.6 is 0 Å². The quantitative estimate of drug-likeness (QED) is 0.908. The summed E-state index contributed by atoms with van der Waals surface area (Å²) in [7, 11) is 3.53. The fourth-order valence-electron chi connectivity index (χ4n) is 1.99. The molecule has 1 atom stereocenters. The number of nitrogens with zero attached hydrogens (tertiary/aromatic N) is 2. The molecule has 0 radical (unpaired) electrons. The molecule has 4 heteroatoms. The van der Waals surface area contributed by atoms with Crippen LogP contribution in [-0.2, 0) is 11.3 Å². The lowest BCUT2D eigenvalue weighted by atomic mass is 10.1. The summed E-state index contributed by atoms with van der Waals surface area (Å²) in [5.41, 5.74) is 1.16. The van der Waals surface area contributed by atoms with E-state index in [1.54, 1.807) is 25.2 Å². The third kappa shape index (κ3) is 3.29. The zero-order valence-corrected chi connectivity index (χ0v) is 11.6. The Bertz CT molecular complexity index is 580. The first-order valence-electron chi connectivity index (χ1n) is 6.35. The highest BCUT2D eigenvalue weighted by molar-refractivity contribution is 5.82. The molecule has 4 nitrogen and oxygen atoms in total. The van der Waals surface area contributed by atoms with Crippen LogP contribution in [0.3, 0.4) is 0 Å². The minimum atomic E-state index is -0.178. The predicted octanol–water partition coefficient (Wildman–Crippen LogP) is 1.80. The van der Waals surface area contributed by atoms with E-state index in [1.165, 1.54) is 5.39 Å². The number of amides is 1. The molecule has 2 aromatic rings. The normalized spacial score (nSPS) is 12.4. The molecule has 0 bridgehead atoms. The van der Waals surface area contributed by atoms with Crippen LogP contribution in [0, 0.1) is 0 Å². The number of aromatic nitrogens is 1. The maximum atomic E-state index is 11.7. The molecule has 100 valence electrons. The van der Waals surface area contributed by atoms with Gasteiger partial charge in [-0.05, 0) is 30.0 Å². The summed E-state index contributed by atoms with van der Waals surface area (Å²) >= 11 is 0. The summed E-state index contributed by atoms with van der Waals surface area (Å²) in [5.74, 6) is 0.0880. The maximum Gasteiger partial charge on any atom is 0.238 e. The van der Waals surface area contributed by atoms with Gasteiger partial charge in [-0.2, -0.15) is 0 Å². The summed E-state index contributed by atoms with van der Waals surface area (Å²) in [5, 5.41) is 5.53. The van der Waals surface area contributed by atoms with Crippen molar-refractivity contribution in [2.24, 2.45) is 0 Å². The molecule has 1 heterocycles. The van der Waals surface area contributed by atoms with E-state index in [0.717, 1.165) is 10.9 Å². The number of benzene rings is 1. The second-order valence-corrected chi connectivity index (χ2v) is 4.89. The summed E-state index contributed by atoms with van der Waals surface area (Å²) in [6.45, 7) is 2.56. The second kappa shape index (κ2) is 5.80. The summed E-state index contributed by atoms with van der Waals surface area (Å²) in [4.78, 5) is 17.4. The van der Waals surface area contributed by atoms with Gasteiger partial charge in [0.15, 0.2) is 0 Å². The van der Waals surface area contributed by atoms with E-state index in [4.69, 9.17) is 0 Å². The van der Waals surface area contributed by atoms with E-state index in [9.17, 15) is 4.79 Å². The van der Waals surface area contributed by atoms with Gasteiger partial charge in [0.1, 0.15) is 0 Å². The number of likely N-dealkylation sites (N-methyl/N-ethyl adjacent to an activating group) is 1. The number of carbonyl (C=O) groups excluding carboxylic acids is 1. The molecule has 0 aliphatic rings. The van der Waals surface area contributed by atoms with Crippen molar-refractivity contribution in [2.75, 3.05) is 14.1 Å². The van der Waals surface area contributed by atoms with Crippen LogP contribution in [0.1, 0.15) is 12.5 Å². The highest BCUT2D eigenvalue weighted by Crippen LogP contribution is 2.14. The fraction of sp³-hybridized carbons (Fsp3) is 0.333. The van der Waals surface area contributed by atoms with Crippen molar-refractivity contribution in [3.05, 3.63) is 42.2 Å². The summed E-state index contributed by atoms with van der Waals surface area (Å²) < 4.78 is 0. The Balaban J connectivity index is 2.04. The Morgan fingerprint density at radius 2 is 2.11 bits per heavy atom. The number of rotatable bonds is 4. The van der Waals surface area contributed by atoms with Crippen LogP contribution in [0.25, 0.3) is 10.8 Å². The van der Waals surface area contributed by atoms with Crippen molar-refractivity contribution in [3.8, 4) is 0 Å². The number of fused-ring (bicyclic) bond motifs is 1. The first kappa shape index (κ1) is 13.5. The monoisotopic (exact) mass is 257 g/mol. The number of pyridine rings is 1. The molecule has 0 aliphatic heterocycles. The fourth-order valence-corrected chi connectivity index (χ4v) is 1.99. The van der Waals surface area contributed by atoms with E-state index >= 15 is 0 Å². The van der Waals surface area contributed by atoms with Gasteiger partial charge < -0.3 is 10.2 Å². The molecule has 0 aliphatic carbocycles. The van der Waals surface area contributed by atoms with Crippen LogP contribution in [-0.4, -0.2) is 35.9 Å². The molecule has 0 spiro atoms. The molecule has 0 saturated carbocycles. The number of carbonyl (C=O) groups is 1. The number of nitrogens with one attached hydrogen (secondary N) is 1. The van der Waals surface area contributed by atoms with Crippen molar-refractivity contribution < 1.29 is 4.79 Å². The van der Waals surface area contributed by atoms with Crippen molar-refractivity contribution in [2.45, 2.75) is 19.5 Å². The predicted molar refractivity (Wildman–Crippen MR) is 76.7 cm³/mol. The van der Waals surface area contributed by atoms with E-state index in [-0.39, 0.29) is 11.9 Å². The molecule has 19 heavy (non-hydrogen) atoms. The third-order valence-electron chi connectivity index (χ3n) is 3.13. The molecule has 2 rings (SSSR count). The summed E-state index contributed by atoms with van der Waals surface area (Å²) in [6.07, 6.45) is 3.64. The Morgan fingerprint density at radius 3 is 2.84 bits per heavy atom. The Labute approximate surface area is 113 Å². The van der Waals surface area contributed by atoms with Gasteiger partial charge in [0, 0.05) is 38.4 Å². The minimum Gasteiger partial charge on any atom is -0.347 e. The molecule has 1 aromatic heterocycles. The lowest BCUT2D eigenvalue weighted by Gasteiger charge is -2.18. The van der Waals surface area contributed by atoms with E-state index in [1.807, 2.05) is 19.2 Å². The van der Waals surface area contributed by atoms with Crippen LogP contribution < -0.4 is 5.32 Å². The van der Waals surface area contributed by atoms with Gasteiger partial charge >= 0.3 is 0 Å². The molecular weight excluding hydrogens is 238 g/mol. The van der Waals surface area contributed by atoms with Crippen molar-refractivity contribution >= 4 is 16.7 Å². The third-order valence-corrected chi connectivity index (χ3v) is 3.13. The second-order valence-electron chi connectivity index (χ2n) is 4.89. The van der Waals surface area contributed by atoms with Crippen LogP contribution in [0.15, 0.2) is 36.7 Å². The van der Waals surface area contributed by atoms with Crippen LogP contribution in [0.4, 0.5) is 0 Å². The van der Waals surface area contributed by atoms with Gasteiger partial charge in [-0.25, -0.2) is 0 Å². The Kier molecular flexibility index (Phi) is 4.12. The average Bonchev–Trinajstić information content (AvgIpc) is 2.43. The molecule has 1 amide bonds. The molecule has 0 fully saturated rings. The molecule has 1 aromatic carbocycles. The molecular formula is C15H19N3O. The van der Waals surface area contributed by atoms with Gasteiger partial charge in [-0.1, -0.05) is 12.1 Å². The maximum absolute atomic E-state index is 11.7. The zero-order chi connectivity index (χ0) is 13.8. The minimum absolute atomic E-state index is 0.0880. The van der Waals surface area contributed by atoms with Crippen molar-refractivity contribution in [3.63, 3.8) is 0 Å². The van der Waals surface area contributed by atoms with Gasteiger partial charge in [0.05, 0.1) is 6.04 Å². The lowest BCUT2D eigenvalue weighted by Crippen LogP contribution is -2.41. The van der Waals surface area contributed by atoms with Gasteiger partial charge in [0.2, 0.25) is 5.91 Å². The highest BCUT2D eigenvalue weighted by Gasteiger charge is 2.13. The summed E-state index contributed by atoms with van der Waals surface area (Å²) in [6, 6.07) is 8.05. The Morgan fingerprint density at radius 1 is 1.32 bits per heavy atom. The standard InChI is InChI=1S/C15H19N3O/c1-11(15(19)18(2)3)17-9-12-4-5-14-10-16-7-6-13(14)8-12/h4-8,10-11,17H,9H2,1-3H3. The lowest BCUT2D eigenvalue weighted by molar-refractivity contribution is -0.130. The van der Waals surface area contributed by atoms with Gasteiger partial charge in [-0.15, -0.1) is 0 Å². The van der Waals surface area contributed by atoms with Gasteiger partial charge in [0.25, 0.3) is 0 Å². The first-order valence-corrected chi connectivity index (χ1v) is 6.35. The van der Waals surface area contributed by atoms with E-state index in [2.05, 4.69) is 28.5 Å². The first-order chi connectivity index (χ1) is 9.08. The smallest absolute Gasteiger partial charge is 0.238 e. The average molecular weight is 257 g/mol. The van der Waals surface area contributed by atoms with E-state index < -0.39 is 0 Å². The number of hydrogen-bond donors (Lipinski definition) is 1. The zero-order valence-electron chi connectivity index (χ0n) is 11.6. The van der Waals surface area contributed by atoms with Crippen LogP contribution in [0.2, 0.25) is 0 Å². The SMILES string of the molecule is CC(NCc1ccc2cnccc2c1)C(=O)N(C)C. The van der Waals surface area contributed by atoms with Crippen LogP contribution in [0.5, 0.6) is 0 Å².